The number of benzene rings is 4. The zero-order valence-corrected chi connectivity index (χ0v) is 26.0. The zero-order chi connectivity index (χ0) is 28.4. The van der Waals surface area contributed by atoms with E-state index in [0.717, 1.165) is 39.6 Å². The normalized spacial score (nSPS) is 18.4. The fourth-order valence-electron chi connectivity index (χ4n) is 7.43. The first kappa shape index (κ1) is 27.1. The van der Waals surface area contributed by atoms with Crippen molar-refractivity contribution >= 4 is 0 Å². The van der Waals surface area contributed by atoms with Gasteiger partial charge in [-0.25, -0.2) is 0 Å². The van der Waals surface area contributed by atoms with Crippen LogP contribution in [0.4, 0.5) is 0 Å². The third-order valence-electron chi connectivity index (χ3n) is 9.27. The summed E-state index contributed by atoms with van der Waals surface area (Å²) in [6, 6.07) is 41.5. The SMILES string of the molecule is [Pt+2].[c-]1c(Oc2[c-]c(C3(c4ccccn4)c4ccccc4Oc4ccccc43)ccc2)cccc1-n1cc2c(n1)[C@@H]1CC[C@H]2C1. The van der Waals surface area contributed by atoms with Crippen LogP contribution in [0.3, 0.4) is 0 Å². The van der Waals surface area contributed by atoms with Gasteiger partial charge in [0.2, 0.25) is 0 Å². The van der Waals surface area contributed by atoms with Gasteiger partial charge in [-0.2, -0.15) is 23.3 Å². The molecule has 0 N–H and O–H groups in total. The summed E-state index contributed by atoms with van der Waals surface area (Å²) in [6.45, 7) is 0. The molecule has 1 aliphatic heterocycles. The monoisotopic (exact) mass is 752 g/mol. The standard InChI is InChI=1S/C38H27N3O2.Pt/c1-3-15-34-32(13-1)38(36-17-5-6-20-39-36,33-14-2-4-16-35(33)43-34)27-9-7-11-29(22-27)42-30-12-8-10-28(23-30)41-24-31-25-18-19-26(21-25)37(31)40-41;/h1-17,20,24-26H,18-19,21H2;/q-2;+2/t25-,26+;/m0./s1. The molecule has 0 spiro atoms. The Balaban J connectivity index is 0.00000289. The van der Waals surface area contributed by atoms with Crippen molar-refractivity contribution in [3.63, 3.8) is 0 Å². The molecule has 1 saturated carbocycles. The molecule has 6 heteroatoms. The quantitative estimate of drug-likeness (QED) is 0.166. The average molecular weight is 753 g/mol. The van der Waals surface area contributed by atoms with E-state index in [4.69, 9.17) is 19.6 Å². The number of aromatic nitrogens is 3. The van der Waals surface area contributed by atoms with Crippen LogP contribution < -0.4 is 9.47 Å². The number of rotatable bonds is 5. The van der Waals surface area contributed by atoms with Gasteiger partial charge in [0.25, 0.3) is 0 Å². The summed E-state index contributed by atoms with van der Waals surface area (Å²) in [7, 11) is 0. The largest absolute Gasteiger partial charge is 2.00 e. The minimum Gasteiger partial charge on any atom is -0.509 e. The first-order valence-electron chi connectivity index (χ1n) is 14.9. The van der Waals surface area contributed by atoms with Gasteiger partial charge in [0.05, 0.1) is 16.8 Å². The van der Waals surface area contributed by atoms with Gasteiger partial charge in [-0.1, -0.05) is 42.5 Å². The van der Waals surface area contributed by atoms with E-state index in [1.165, 1.54) is 30.5 Å². The molecule has 0 unspecified atom stereocenters. The average Bonchev–Trinajstić information content (AvgIpc) is 3.80. The van der Waals surface area contributed by atoms with Gasteiger partial charge in [-0.05, 0) is 60.7 Å². The Kier molecular flexibility index (Phi) is 6.53. The molecule has 4 aromatic carbocycles. The first-order valence-corrected chi connectivity index (χ1v) is 14.9. The number of nitrogens with zero attached hydrogens (tertiary/aromatic N) is 3. The van der Waals surface area contributed by atoms with E-state index in [1.54, 1.807) is 0 Å². The predicted molar refractivity (Wildman–Crippen MR) is 163 cm³/mol. The number of hydrogen-bond acceptors (Lipinski definition) is 4. The molecule has 2 aliphatic carbocycles. The predicted octanol–water partition coefficient (Wildman–Crippen LogP) is 8.51. The van der Waals surface area contributed by atoms with E-state index >= 15 is 0 Å². The van der Waals surface area contributed by atoms with Gasteiger partial charge in [0.1, 0.15) is 11.5 Å². The summed E-state index contributed by atoms with van der Waals surface area (Å²) in [5.41, 5.74) is 6.63. The number of ether oxygens (including phenoxy) is 2. The summed E-state index contributed by atoms with van der Waals surface area (Å²) >= 11 is 0. The first-order chi connectivity index (χ1) is 21.3. The molecule has 3 heterocycles. The van der Waals surface area contributed by atoms with E-state index < -0.39 is 5.41 Å². The Morgan fingerprint density at radius 3 is 2.20 bits per heavy atom. The third kappa shape index (κ3) is 4.10. The van der Waals surface area contributed by atoms with Crippen molar-refractivity contribution in [1.29, 1.82) is 0 Å². The van der Waals surface area contributed by atoms with E-state index in [-0.39, 0.29) is 21.1 Å². The van der Waals surface area contributed by atoms with Crippen molar-refractivity contribution < 1.29 is 30.5 Å². The minimum atomic E-state index is -0.757. The Labute approximate surface area is 270 Å². The smallest absolute Gasteiger partial charge is 0.509 e. The maximum absolute atomic E-state index is 6.46. The number of hydrogen-bond donors (Lipinski definition) is 0. The van der Waals surface area contributed by atoms with Gasteiger partial charge in [0.15, 0.2) is 0 Å². The van der Waals surface area contributed by atoms with E-state index in [9.17, 15) is 0 Å². The van der Waals surface area contributed by atoms with Gasteiger partial charge < -0.3 is 9.47 Å². The molecule has 0 amide bonds. The second-order valence-electron chi connectivity index (χ2n) is 11.6. The van der Waals surface area contributed by atoms with Crippen molar-refractivity contribution in [2.24, 2.45) is 0 Å². The fraction of sp³-hybridized carbons (Fsp3) is 0.158. The molecule has 2 atom stereocenters. The van der Waals surface area contributed by atoms with Crippen LogP contribution in [0.2, 0.25) is 0 Å². The molecule has 1 fully saturated rings. The third-order valence-corrected chi connectivity index (χ3v) is 9.27. The fourth-order valence-corrected chi connectivity index (χ4v) is 7.43. The zero-order valence-electron chi connectivity index (χ0n) is 23.7. The maximum atomic E-state index is 6.46. The Morgan fingerprint density at radius 2 is 1.45 bits per heavy atom. The van der Waals surface area contributed by atoms with Crippen LogP contribution in [0.5, 0.6) is 23.0 Å². The molecule has 44 heavy (non-hydrogen) atoms. The maximum Gasteiger partial charge on any atom is 2.00 e. The van der Waals surface area contributed by atoms with E-state index in [1.807, 2.05) is 89.7 Å². The van der Waals surface area contributed by atoms with Gasteiger partial charge >= 0.3 is 21.1 Å². The van der Waals surface area contributed by atoms with Crippen LogP contribution in [-0.4, -0.2) is 14.8 Å². The molecule has 9 rings (SSSR count). The molecule has 3 aliphatic rings. The topological polar surface area (TPSA) is 49.2 Å². The van der Waals surface area contributed by atoms with Crippen molar-refractivity contribution in [3.05, 3.63) is 161 Å². The van der Waals surface area contributed by atoms with Gasteiger partial charge in [0, 0.05) is 40.9 Å². The summed E-state index contributed by atoms with van der Waals surface area (Å²) in [4.78, 5) is 4.91. The van der Waals surface area contributed by atoms with Crippen LogP contribution in [-0.2, 0) is 26.5 Å². The molecule has 6 aromatic rings. The van der Waals surface area contributed by atoms with Crippen LogP contribution in [0.15, 0.2) is 116 Å². The van der Waals surface area contributed by atoms with Gasteiger partial charge in [-0.3, -0.25) is 9.67 Å². The summed E-state index contributed by atoms with van der Waals surface area (Å²) in [5.74, 6) is 4.09. The summed E-state index contributed by atoms with van der Waals surface area (Å²) in [5, 5.41) is 4.96. The molecule has 5 nitrogen and oxygen atoms in total. The van der Waals surface area contributed by atoms with Crippen LogP contribution in [0.1, 0.15) is 64.7 Å². The van der Waals surface area contributed by atoms with E-state index in [0.29, 0.717) is 23.3 Å². The second kappa shape index (κ2) is 10.6. The molecule has 0 saturated heterocycles. The van der Waals surface area contributed by atoms with Gasteiger partial charge in [-0.15, -0.1) is 35.9 Å². The van der Waals surface area contributed by atoms with E-state index in [2.05, 4.69) is 42.6 Å². The molecule has 2 bridgehead atoms. The van der Waals surface area contributed by atoms with Crippen molar-refractivity contribution in [3.8, 4) is 28.7 Å². The number of pyridine rings is 1. The number of para-hydroxylation sites is 2. The van der Waals surface area contributed by atoms with Crippen molar-refractivity contribution in [2.75, 3.05) is 0 Å². The minimum absolute atomic E-state index is 0. The second-order valence-corrected chi connectivity index (χ2v) is 11.6. The Morgan fingerprint density at radius 1 is 0.750 bits per heavy atom. The van der Waals surface area contributed by atoms with Crippen LogP contribution in [0.25, 0.3) is 5.69 Å². The molecular formula is C38H27N3O2Pt. The van der Waals surface area contributed by atoms with Crippen LogP contribution in [0, 0.1) is 12.1 Å². The molecule has 2 aromatic heterocycles. The summed E-state index contributed by atoms with van der Waals surface area (Å²) in [6.07, 6.45) is 7.84. The number of fused-ring (bicyclic) bond motifs is 7. The molecule has 0 radical (unpaired) electrons. The molecular weight excluding hydrogens is 726 g/mol. The van der Waals surface area contributed by atoms with Crippen LogP contribution >= 0.6 is 0 Å². The van der Waals surface area contributed by atoms with Crippen molar-refractivity contribution in [1.82, 2.24) is 14.8 Å². The van der Waals surface area contributed by atoms with Crippen molar-refractivity contribution in [2.45, 2.75) is 36.5 Å². The molecule has 216 valence electrons. The Bertz CT molecular complexity index is 1930. The summed E-state index contributed by atoms with van der Waals surface area (Å²) < 4.78 is 14.8. The Hall–Kier alpha value is -4.47.